The lowest BCUT2D eigenvalue weighted by Gasteiger charge is -2.26. The molecule has 0 saturated heterocycles. The number of nitrogens with zero attached hydrogens (tertiary/aromatic N) is 1. The third-order valence-corrected chi connectivity index (χ3v) is 4.91. The first-order valence-electron chi connectivity index (χ1n) is 7.89. The Balaban J connectivity index is 4.82. The average Bonchev–Trinajstić information content (AvgIpc) is 2.56. The van der Waals surface area contributed by atoms with Crippen LogP contribution in [0.15, 0.2) is 24.3 Å². The molecular weight excluding hydrogens is 366 g/mol. The van der Waals surface area contributed by atoms with Crippen molar-refractivity contribution in [2.75, 3.05) is 32.1 Å². The molecule has 0 aliphatic heterocycles. The van der Waals surface area contributed by atoms with Crippen molar-refractivity contribution in [3.05, 3.63) is 24.3 Å². The van der Waals surface area contributed by atoms with Crippen molar-refractivity contribution in [3.8, 4) is 0 Å². The van der Waals surface area contributed by atoms with Gasteiger partial charge in [-0.3, -0.25) is 0 Å². The van der Waals surface area contributed by atoms with Gasteiger partial charge in [-0.2, -0.15) is 4.31 Å². The number of sulfonamides is 1. The lowest BCUT2D eigenvalue weighted by atomic mass is 10.3. The fraction of sp³-hybridized carbons (Fsp3) is 0.625. The summed E-state index contributed by atoms with van der Waals surface area (Å²) in [6.45, 7) is 9.40. The Morgan fingerprint density at radius 3 is 1.58 bits per heavy atom. The SMILES string of the molecule is C=C(C)C(=O)OCC(O)CN(CC(O)COC(=O)C(=C)C)S(=O)(=O)CC. The Kier molecular flexibility index (Phi) is 10.3. The molecule has 0 aromatic carbocycles. The summed E-state index contributed by atoms with van der Waals surface area (Å²) in [7, 11) is -3.76. The van der Waals surface area contributed by atoms with Gasteiger partial charge in [0.1, 0.15) is 25.4 Å². The summed E-state index contributed by atoms with van der Waals surface area (Å²) in [5.41, 5.74) is 0.287. The maximum absolute atomic E-state index is 12.1. The van der Waals surface area contributed by atoms with Gasteiger partial charge >= 0.3 is 11.9 Å². The van der Waals surface area contributed by atoms with Crippen LogP contribution in [-0.2, 0) is 29.1 Å². The first kappa shape index (κ1) is 24.2. The van der Waals surface area contributed by atoms with Crippen LogP contribution in [0.1, 0.15) is 20.8 Å². The van der Waals surface area contributed by atoms with E-state index in [1.807, 2.05) is 0 Å². The second-order valence-corrected chi connectivity index (χ2v) is 8.04. The highest BCUT2D eigenvalue weighted by molar-refractivity contribution is 7.89. The van der Waals surface area contributed by atoms with Crippen LogP contribution in [0.4, 0.5) is 0 Å². The van der Waals surface area contributed by atoms with Crippen LogP contribution in [-0.4, -0.2) is 79.1 Å². The molecular formula is C16H27NO8S. The van der Waals surface area contributed by atoms with E-state index in [0.717, 1.165) is 4.31 Å². The molecule has 0 amide bonds. The molecule has 10 heteroatoms. The number of hydrogen-bond acceptors (Lipinski definition) is 8. The molecule has 0 spiro atoms. The number of ether oxygens (including phenoxy) is 2. The molecule has 2 atom stereocenters. The second-order valence-electron chi connectivity index (χ2n) is 5.78. The Morgan fingerprint density at radius 2 is 1.31 bits per heavy atom. The van der Waals surface area contributed by atoms with Crippen LogP contribution < -0.4 is 0 Å². The molecule has 26 heavy (non-hydrogen) atoms. The van der Waals surface area contributed by atoms with E-state index in [2.05, 4.69) is 13.2 Å². The number of rotatable bonds is 12. The minimum Gasteiger partial charge on any atom is -0.460 e. The number of aliphatic hydroxyl groups excluding tert-OH is 2. The number of carbonyl (C=O) groups excluding carboxylic acids is 2. The molecule has 0 fully saturated rings. The van der Waals surface area contributed by atoms with Crippen molar-refractivity contribution in [1.29, 1.82) is 0 Å². The zero-order valence-electron chi connectivity index (χ0n) is 15.3. The Morgan fingerprint density at radius 1 is 0.962 bits per heavy atom. The van der Waals surface area contributed by atoms with E-state index in [-0.39, 0.29) is 16.9 Å². The van der Waals surface area contributed by atoms with Gasteiger partial charge in [0.05, 0.1) is 5.75 Å². The monoisotopic (exact) mass is 393 g/mol. The highest BCUT2D eigenvalue weighted by Gasteiger charge is 2.26. The Hall–Kier alpha value is -1.75. The van der Waals surface area contributed by atoms with Crippen molar-refractivity contribution < 1.29 is 37.7 Å². The van der Waals surface area contributed by atoms with Crippen molar-refractivity contribution in [2.24, 2.45) is 0 Å². The Labute approximate surface area is 153 Å². The molecule has 0 aromatic rings. The number of hydrogen-bond donors (Lipinski definition) is 2. The van der Waals surface area contributed by atoms with Gasteiger partial charge in [0.15, 0.2) is 0 Å². The van der Waals surface area contributed by atoms with E-state index in [1.54, 1.807) is 0 Å². The van der Waals surface area contributed by atoms with E-state index < -0.39 is 60.5 Å². The topological polar surface area (TPSA) is 130 Å². The highest BCUT2D eigenvalue weighted by atomic mass is 32.2. The molecule has 0 rings (SSSR count). The third-order valence-electron chi connectivity index (χ3n) is 3.10. The first-order chi connectivity index (χ1) is 11.9. The van der Waals surface area contributed by atoms with Gasteiger partial charge < -0.3 is 19.7 Å². The second kappa shape index (κ2) is 11.1. The quantitative estimate of drug-likeness (QED) is 0.338. The highest BCUT2D eigenvalue weighted by Crippen LogP contribution is 2.07. The summed E-state index contributed by atoms with van der Waals surface area (Å²) < 4.78 is 34.6. The van der Waals surface area contributed by atoms with E-state index in [1.165, 1.54) is 20.8 Å². The summed E-state index contributed by atoms with van der Waals surface area (Å²) in [5.74, 6) is -1.68. The molecule has 2 N–H and O–H groups in total. The lowest BCUT2D eigenvalue weighted by molar-refractivity contribution is -0.142. The Bertz CT molecular complexity index is 590. The summed E-state index contributed by atoms with van der Waals surface area (Å²) in [6, 6.07) is 0. The zero-order chi connectivity index (χ0) is 20.5. The van der Waals surface area contributed by atoms with Gasteiger partial charge in [-0.15, -0.1) is 0 Å². The summed E-state index contributed by atoms with van der Waals surface area (Å²) >= 11 is 0. The summed E-state index contributed by atoms with van der Waals surface area (Å²) in [5, 5.41) is 19.8. The van der Waals surface area contributed by atoms with Gasteiger partial charge in [-0.1, -0.05) is 13.2 Å². The van der Waals surface area contributed by atoms with Gasteiger partial charge in [-0.05, 0) is 20.8 Å². The number of carbonyl (C=O) groups is 2. The predicted octanol–water partition coefficient (Wildman–Crippen LogP) is -0.401. The summed E-state index contributed by atoms with van der Waals surface area (Å²) in [6.07, 6.45) is -2.60. The van der Waals surface area contributed by atoms with Crippen molar-refractivity contribution in [3.63, 3.8) is 0 Å². The molecule has 0 radical (unpaired) electrons. The van der Waals surface area contributed by atoms with Gasteiger partial charge in [0.25, 0.3) is 0 Å². The lowest BCUT2D eigenvalue weighted by Crippen LogP contribution is -2.45. The van der Waals surface area contributed by atoms with Crippen molar-refractivity contribution >= 4 is 22.0 Å². The molecule has 0 heterocycles. The fourth-order valence-electron chi connectivity index (χ4n) is 1.65. The van der Waals surface area contributed by atoms with Gasteiger partial charge in [0.2, 0.25) is 10.0 Å². The average molecular weight is 393 g/mol. The normalized spacial score (nSPS) is 13.8. The molecule has 9 nitrogen and oxygen atoms in total. The van der Waals surface area contributed by atoms with Gasteiger partial charge in [0, 0.05) is 24.2 Å². The van der Waals surface area contributed by atoms with E-state index in [9.17, 15) is 28.2 Å². The van der Waals surface area contributed by atoms with Crippen molar-refractivity contribution in [1.82, 2.24) is 4.31 Å². The van der Waals surface area contributed by atoms with Crippen LogP contribution in [0, 0.1) is 0 Å². The van der Waals surface area contributed by atoms with Crippen LogP contribution in [0.3, 0.4) is 0 Å². The standard InChI is InChI=1S/C16H27NO8S/c1-6-26(22,23)17(7-13(18)9-24-15(20)11(2)3)8-14(19)10-25-16(21)12(4)5/h13-14,18-19H,2,4,6-10H2,1,3,5H3. The molecule has 0 saturated carbocycles. The van der Waals surface area contributed by atoms with E-state index >= 15 is 0 Å². The van der Waals surface area contributed by atoms with Gasteiger partial charge in [-0.25, -0.2) is 18.0 Å². The largest absolute Gasteiger partial charge is 0.460 e. The predicted molar refractivity (Wildman–Crippen MR) is 94.6 cm³/mol. The molecule has 150 valence electrons. The zero-order valence-corrected chi connectivity index (χ0v) is 16.1. The first-order valence-corrected chi connectivity index (χ1v) is 9.50. The van der Waals surface area contributed by atoms with Crippen LogP contribution >= 0.6 is 0 Å². The molecule has 2 unspecified atom stereocenters. The van der Waals surface area contributed by atoms with Crippen LogP contribution in [0.5, 0.6) is 0 Å². The van der Waals surface area contributed by atoms with Crippen molar-refractivity contribution in [2.45, 2.75) is 33.0 Å². The minimum absolute atomic E-state index is 0.144. The maximum atomic E-state index is 12.1. The van der Waals surface area contributed by atoms with Crippen LogP contribution in [0.2, 0.25) is 0 Å². The minimum atomic E-state index is -3.76. The summed E-state index contributed by atoms with van der Waals surface area (Å²) in [4.78, 5) is 22.6. The molecule has 0 aliphatic rings. The van der Waals surface area contributed by atoms with E-state index in [0.29, 0.717) is 0 Å². The maximum Gasteiger partial charge on any atom is 0.333 e. The molecule has 0 bridgehead atoms. The number of aliphatic hydroxyl groups is 2. The van der Waals surface area contributed by atoms with E-state index in [4.69, 9.17) is 9.47 Å². The smallest absolute Gasteiger partial charge is 0.333 e. The third kappa shape index (κ3) is 9.09. The molecule has 0 aromatic heterocycles. The van der Waals surface area contributed by atoms with Crippen LogP contribution in [0.25, 0.3) is 0 Å². The number of esters is 2. The fourth-order valence-corrected chi connectivity index (χ4v) is 2.81. The molecule has 0 aliphatic carbocycles.